The van der Waals surface area contributed by atoms with Gasteiger partial charge in [-0.05, 0) is 42.9 Å². The highest BCUT2D eigenvalue weighted by Crippen LogP contribution is 2.38. The van der Waals surface area contributed by atoms with Crippen LogP contribution in [0.3, 0.4) is 0 Å². The van der Waals surface area contributed by atoms with Crippen LogP contribution >= 0.6 is 0 Å². The van der Waals surface area contributed by atoms with E-state index >= 15 is 0 Å². The van der Waals surface area contributed by atoms with Gasteiger partial charge in [0.1, 0.15) is 5.75 Å². The number of carbonyl (C=O) groups is 1. The number of hydrogen-bond acceptors (Lipinski definition) is 2. The SMILES string of the molecule is O=C(O)CC1CCCCc2[nH]c3cc(O)ccc3c21. The van der Waals surface area contributed by atoms with Gasteiger partial charge in [0.2, 0.25) is 0 Å². The normalized spacial score (nSPS) is 19.1. The lowest BCUT2D eigenvalue weighted by molar-refractivity contribution is -0.137. The number of rotatable bonds is 2. The highest BCUT2D eigenvalue weighted by atomic mass is 16.4. The Morgan fingerprint density at radius 1 is 1.37 bits per heavy atom. The Balaban J connectivity index is 2.15. The maximum Gasteiger partial charge on any atom is 0.303 e. The summed E-state index contributed by atoms with van der Waals surface area (Å²) in [7, 11) is 0. The quantitative estimate of drug-likeness (QED) is 0.725. The topological polar surface area (TPSA) is 73.3 Å². The van der Waals surface area contributed by atoms with Crippen LogP contribution in [0, 0.1) is 0 Å². The third-order valence-electron chi connectivity index (χ3n) is 3.96. The van der Waals surface area contributed by atoms with Crippen molar-refractivity contribution < 1.29 is 15.0 Å². The fraction of sp³-hybridized carbons (Fsp3) is 0.400. The van der Waals surface area contributed by atoms with E-state index in [9.17, 15) is 9.90 Å². The summed E-state index contributed by atoms with van der Waals surface area (Å²) in [4.78, 5) is 14.4. The number of benzene rings is 1. The van der Waals surface area contributed by atoms with Crippen LogP contribution < -0.4 is 0 Å². The summed E-state index contributed by atoms with van der Waals surface area (Å²) in [6.45, 7) is 0. The van der Waals surface area contributed by atoms with Gasteiger partial charge in [0.15, 0.2) is 0 Å². The average molecular weight is 259 g/mol. The van der Waals surface area contributed by atoms with Crippen molar-refractivity contribution in [3.05, 3.63) is 29.5 Å². The molecule has 0 fully saturated rings. The number of aliphatic carboxylic acids is 1. The number of aromatic nitrogens is 1. The van der Waals surface area contributed by atoms with E-state index < -0.39 is 5.97 Å². The molecule has 2 aromatic rings. The molecule has 1 heterocycles. The molecule has 4 heteroatoms. The standard InChI is InChI=1S/C15H17NO3/c17-10-5-6-11-13(8-10)16-12-4-2-1-3-9(15(11)12)7-14(18)19/h5-6,8-9,16-17H,1-4,7H2,(H,18,19). The summed E-state index contributed by atoms with van der Waals surface area (Å²) >= 11 is 0. The molecule has 3 rings (SSSR count). The first-order chi connectivity index (χ1) is 9.15. The molecule has 1 aromatic carbocycles. The lowest BCUT2D eigenvalue weighted by Crippen LogP contribution is -2.06. The summed E-state index contributed by atoms with van der Waals surface area (Å²) in [6.07, 6.45) is 4.22. The van der Waals surface area contributed by atoms with Crippen LogP contribution in [-0.4, -0.2) is 21.2 Å². The van der Waals surface area contributed by atoms with Crippen molar-refractivity contribution in [3.63, 3.8) is 0 Å². The first kappa shape index (κ1) is 12.1. The minimum Gasteiger partial charge on any atom is -0.508 e. The number of phenols is 1. The predicted molar refractivity (Wildman–Crippen MR) is 72.5 cm³/mol. The Bertz CT molecular complexity index is 630. The number of nitrogens with one attached hydrogen (secondary N) is 1. The molecule has 0 bridgehead atoms. The van der Waals surface area contributed by atoms with Gasteiger partial charge in [0, 0.05) is 22.7 Å². The van der Waals surface area contributed by atoms with E-state index in [0.717, 1.165) is 47.8 Å². The number of H-pyrrole nitrogens is 1. The number of phenolic OH excluding ortho intramolecular Hbond substituents is 1. The molecule has 0 saturated heterocycles. The van der Waals surface area contributed by atoms with Crippen LogP contribution in [0.25, 0.3) is 10.9 Å². The number of aromatic amines is 1. The van der Waals surface area contributed by atoms with E-state index in [-0.39, 0.29) is 18.1 Å². The van der Waals surface area contributed by atoms with Crippen molar-refractivity contribution in [2.24, 2.45) is 0 Å². The molecule has 3 N–H and O–H groups in total. The van der Waals surface area contributed by atoms with E-state index in [0.29, 0.717) is 0 Å². The molecule has 0 spiro atoms. The first-order valence-electron chi connectivity index (χ1n) is 6.70. The largest absolute Gasteiger partial charge is 0.508 e. The second-order valence-corrected chi connectivity index (χ2v) is 5.29. The van der Waals surface area contributed by atoms with Crippen molar-refractivity contribution in [1.82, 2.24) is 4.98 Å². The summed E-state index contributed by atoms with van der Waals surface area (Å²) < 4.78 is 0. The van der Waals surface area contributed by atoms with Crippen molar-refractivity contribution in [1.29, 1.82) is 0 Å². The van der Waals surface area contributed by atoms with E-state index in [1.165, 1.54) is 0 Å². The molecule has 0 amide bonds. The van der Waals surface area contributed by atoms with Gasteiger partial charge in [0.05, 0.1) is 6.42 Å². The van der Waals surface area contributed by atoms with Crippen LogP contribution in [0.5, 0.6) is 5.75 Å². The maximum absolute atomic E-state index is 11.1. The molecule has 0 saturated carbocycles. The van der Waals surface area contributed by atoms with Gasteiger partial charge in [-0.25, -0.2) is 0 Å². The Morgan fingerprint density at radius 3 is 3.00 bits per heavy atom. The zero-order valence-corrected chi connectivity index (χ0v) is 10.6. The minimum absolute atomic E-state index is 0.0771. The number of aryl methyl sites for hydroxylation is 1. The van der Waals surface area contributed by atoms with Gasteiger partial charge in [-0.15, -0.1) is 0 Å². The average Bonchev–Trinajstić information content (AvgIpc) is 2.59. The molecule has 4 nitrogen and oxygen atoms in total. The Kier molecular flexibility index (Phi) is 2.93. The number of fused-ring (bicyclic) bond motifs is 3. The van der Waals surface area contributed by atoms with Gasteiger partial charge in [-0.2, -0.15) is 0 Å². The second-order valence-electron chi connectivity index (χ2n) is 5.29. The summed E-state index contributed by atoms with van der Waals surface area (Å²) in [5.41, 5.74) is 3.20. The third-order valence-corrected chi connectivity index (χ3v) is 3.96. The van der Waals surface area contributed by atoms with Gasteiger partial charge in [0.25, 0.3) is 0 Å². The Morgan fingerprint density at radius 2 is 2.21 bits per heavy atom. The lowest BCUT2D eigenvalue weighted by atomic mass is 9.90. The van der Waals surface area contributed by atoms with Crippen LogP contribution in [-0.2, 0) is 11.2 Å². The molecule has 19 heavy (non-hydrogen) atoms. The zero-order chi connectivity index (χ0) is 13.4. The number of aromatic hydroxyl groups is 1. The fourth-order valence-corrected chi connectivity index (χ4v) is 3.18. The molecule has 1 aliphatic rings. The molecular formula is C15H17NO3. The molecule has 1 aromatic heterocycles. The van der Waals surface area contributed by atoms with Gasteiger partial charge in [-0.3, -0.25) is 4.79 Å². The summed E-state index contributed by atoms with van der Waals surface area (Å²) in [6, 6.07) is 5.26. The molecule has 0 radical (unpaired) electrons. The maximum atomic E-state index is 11.1. The molecule has 1 atom stereocenters. The molecule has 1 aliphatic carbocycles. The minimum atomic E-state index is -0.744. The predicted octanol–water partition coefficient (Wildman–Crippen LogP) is 3.16. The van der Waals surface area contributed by atoms with E-state index in [2.05, 4.69) is 4.98 Å². The summed E-state index contributed by atoms with van der Waals surface area (Å²) in [5, 5.41) is 19.7. The van der Waals surface area contributed by atoms with Gasteiger partial charge < -0.3 is 15.2 Å². The fourth-order valence-electron chi connectivity index (χ4n) is 3.18. The van der Waals surface area contributed by atoms with Crippen molar-refractivity contribution in [3.8, 4) is 5.75 Å². The highest BCUT2D eigenvalue weighted by molar-refractivity contribution is 5.87. The number of hydrogen-bond donors (Lipinski definition) is 3. The third kappa shape index (κ3) is 2.18. The van der Waals surface area contributed by atoms with E-state index in [1.807, 2.05) is 6.07 Å². The van der Waals surface area contributed by atoms with Crippen molar-refractivity contribution in [2.75, 3.05) is 0 Å². The molecule has 1 unspecified atom stereocenters. The Hall–Kier alpha value is -1.97. The number of carboxylic acids is 1. The van der Waals surface area contributed by atoms with Crippen LogP contribution in [0.2, 0.25) is 0 Å². The monoisotopic (exact) mass is 259 g/mol. The summed E-state index contributed by atoms with van der Waals surface area (Å²) in [5.74, 6) is -0.432. The van der Waals surface area contributed by atoms with E-state index in [4.69, 9.17) is 5.11 Å². The Labute approximate surface area is 111 Å². The van der Waals surface area contributed by atoms with Gasteiger partial charge >= 0.3 is 5.97 Å². The molecule has 0 aliphatic heterocycles. The lowest BCUT2D eigenvalue weighted by Gasteiger charge is -2.13. The van der Waals surface area contributed by atoms with Crippen LogP contribution in [0.1, 0.15) is 42.9 Å². The van der Waals surface area contributed by atoms with Gasteiger partial charge in [-0.1, -0.05) is 6.42 Å². The number of carboxylic acid groups (broad SMARTS) is 1. The van der Waals surface area contributed by atoms with Crippen LogP contribution in [0.4, 0.5) is 0 Å². The van der Waals surface area contributed by atoms with Crippen molar-refractivity contribution >= 4 is 16.9 Å². The first-order valence-corrected chi connectivity index (χ1v) is 6.70. The zero-order valence-electron chi connectivity index (χ0n) is 10.6. The van der Waals surface area contributed by atoms with Crippen molar-refractivity contribution in [2.45, 2.75) is 38.0 Å². The molecular weight excluding hydrogens is 242 g/mol. The van der Waals surface area contributed by atoms with Crippen LogP contribution in [0.15, 0.2) is 18.2 Å². The second kappa shape index (κ2) is 4.61. The van der Waals surface area contributed by atoms with E-state index in [1.54, 1.807) is 12.1 Å². The highest BCUT2D eigenvalue weighted by Gasteiger charge is 2.25. The molecule has 100 valence electrons. The smallest absolute Gasteiger partial charge is 0.303 e.